The molecule has 2 aromatic carbocycles. The summed E-state index contributed by atoms with van der Waals surface area (Å²) in [5, 5.41) is 3.26. The molecule has 2 heterocycles. The van der Waals surface area contributed by atoms with Gasteiger partial charge < -0.3 is 13.7 Å². The zero-order chi connectivity index (χ0) is 45.8. The number of esters is 1. The lowest BCUT2D eigenvalue weighted by molar-refractivity contribution is -0.0922. The Kier molecular flexibility index (Phi) is 15.4. The summed E-state index contributed by atoms with van der Waals surface area (Å²) in [5.74, 6) is 1.77. The number of anilines is 1. The minimum absolute atomic E-state index is 0.0798. The Hall–Kier alpha value is -4.30. The van der Waals surface area contributed by atoms with Crippen LogP contribution in [0.4, 0.5) is 11.4 Å². The molecular formula is C51H75N5O5S. The van der Waals surface area contributed by atoms with E-state index >= 15 is 0 Å². The van der Waals surface area contributed by atoms with E-state index in [4.69, 9.17) is 25.2 Å². The van der Waals surface area contributed by atoms with Crippen LogP contribution in [-0.4, -0.2) is 37.5 Å². The molecule has 11 heteroatoms. The summed E-state index contributed by atoms with van der Waals surface area (Å²) in [6, 6.07) is 11.7. The molecule has 0 saturated heterocycles. The summed E-state index contributed by atoms with van der Waals surface area (Å²) in [4.78, 5) is 22.9. The lowest BCUT2D eigenvalue weighted by Gasteiger charge is -2.50. The van der Waals surface area contributed by atoms with Crippen molar-refractivity contribution >= 4 is 34.3 Å². The van der Waals surface area contributed by atoms with Crippen LogP contribution in [0, 0.1) is 47.5 Å². The average Bonchev–Trinajstić information content (AvgIpc) is 3.72. The molecule has 5 rings (SSSR count). The smallest absolute Gasteiger partial charge is 0.331 e. The maximum absolute atomic E-state index is 14.3. The Labute approximate surface area is 375 Å². The molecule has 62 heavy (non-hydrogen) atoms. The summed E-state index contributed by atoms with van der Waals surface area (Å²) in [6.45, 7) is 39.5. The van der Waals surface area contributed by atoms with Crippen LogP contribution in [0.3, 0.4) is 0 Å². The van der Waals surface area contributed by atoms with Crippen LogP contribution in [0.1, 0.15) is 169 Å². The van der Waals surface area contributed by atoms with Crippen molar-refractivity contribution < 1.29 is 22.7 Å². The highest BCUT2D eigenvalue weighted by Crippen LogP contribution is 2.50. The minimum atomic E-state index is -1.98. The number of rotatable bonds is 17. The van der Waals surface area contributed by atoms with Crippen molar-refractivity contribution in [2.75, 3.05) is 11.3 Å². The van der Waals surface area contributed by atoms with Crippen LogP contribution < -0.4 is 13.6 Å². The van der Waals surface area contributed by atoms with Gasteiger partial charge in [-0.15, -0.1) is 0 Å². The number of benzene rings is 2. The fraction of sp³-hybridized carbons (Fsp3) is 0.627. The largest absolute Gasteiger partial charge is 0.490 e. The van der Waals surface area contributed by atoms with Crippen molar-refractivity contribution in [2.45, 2.75) is 166 Å². The second-order valence-corrected chi connectivity index (χ2v) is 22.8. The number of nitrogens with one attached hydrogen (secondary N) is 2. The van der Waals surface area contributed by atoms with Crippen LogP contribution >= 0.6 is 0 Å². The SMILES string of the molecule is [C-]#[N+]c1cn2[nH]c(-c3ccc(C)c(NS(=O)Oc4cc(C(C)(C)CC(C)(C)C)ccc4OCCCCCCCC)c3)nc2c1C(=O)OC1C(C(C)(C)C)CC(C)CC1C(C)(C)C. The molecule has 2 N–H and O–H groups in total. The summed E-state index contributed by atoms with van der Waals surface area (Å²) in [6.07, 6.45) is 11.1. The normalized spacial score (nSPS) is 19.2. The van der Waals surface area contributed by atoms with Gasteiger partial charge in [0.2, 0.25) is 5.69 Å². The first-order valence-corrected chi connectivity index (χ1v) is 23.9. The first-order chi connectivity index (χ1) is 28.9. The number of aromatic nitrogens is 3. The van der Waals surface area contributed by atoms with E-state index in [1.54, 1.807) is 10.7 Å². The third-order valence-corrected chi connectivity index (χ3v) is 13.3. The van der Waals surface area contributed by atoms with Crippen LogP contribution in [0.5, 0.6) is 11.5 Å². The van der Waals surface area contributed by atoms with Crippen molar-refractivity contribution in [1.82, 2.24) is 14.6 Å². The van der Waals surface area contributed by atoms with Crippen LogP contribution in [-0.2, 0) is 21.4 Å². The number of hydrogen-bond acceptors (Lipinski definition) is 6. The molecule has 0 amide bonds. The van der Waals surface area contributed by atoms with Crippen molar-refractivity contribution in [3.8, 4) is 22.9 Å². The first-order valence-electron chi connectivity index (χ1n) is 22.9. The van der Waals surface area contributed by atoms with Crippen molar-refractivity contribution in [2.24, 2.45) is 34.0 Å². The van der Waals surface area contributed by atoms with E-state index in [9.17, 15) is 9.00 Å². The summed E-state index contributed by atoms with van der Waals surface area (Å²) in [7, 11) is 0. The van der Waals surface area contributed by atoms with E-state index < -0.39 is 17.2 Å². The van der Waals surface area contributed by atoms with E-state index in [0.29, 0.717) is 46.7 Å². The lowest BCUT2D eigenvalue weighted by Crippen LogP contribution is -2.49. The van der Waals surface area contributed by atoms with Gasteiger partial charge in [-0.25, -0.2) is 14.6 Å². The number of nitrogens with zero attached hydrogens (tertiary/aromatic N) is 3. The number of unbranched alkanes of at least 4 members (excludes halogenated alkanes) is 5. The molecule has 4 aromatic rings. The Morgan fingerprint density at radius 1 is 0.919 bits per heavy atom. The van der Waals surface area contributed by atoms with Gasteiger partial charge in [-0.05, 0) is 89.5 Å². The molecular weight excluding hydrogens is 795 g/mol. The monoisotopic (exact) mass is 870 g/mol. The maximum Gasteiger partial charge on any atom is 0.331 e. The topological polar surface area (TPSA) is 111 Å². The first kappa shape index (κ1) is 48.7. The Bertz CT molecular complexity index is 2200. The lowest BCUT2D eigenvalue weighted by atomic mass is 9.59. The predicted octanol–water partition coefficient (Wildman–Crippen LogP) is 14.0. The third kappa shape index (κ3) is 12.2. The second-order valence-electron chi connectivity index (χ2n) is 22.0. The minimum Gasteiger partial charge on any atom is -0.490 e. The van der Waals surface area contributed by atoms with Gasteiger partial charge in [-0.2, -0.15) is 4.21 Å². The molecule has 1 aliphatic carbocycles. The molecule has 1 aliphatic rings. The highest BCUT2D eigenvalue weighted by molar-refractivity contribution is 7.82. The fourth-order valence-corrected chi connectivity index (χ4v) is 10.3. The van der Waals surface area contributed by atoms with Gasteiger partial charge >= 0.3 is 17.2 Å². The number of H-pyrrole nitrogens is 1. The van der Waals surface area contributed by atoms with Crippen molar-refractivity contribution in [1.29, 1.82) is 0 Å². The number of hydrogen-bond donors (Lipinski definition) is 2. The van der Waals surface area contributed by atoms with Gasteiger partial charge in [0.15, 0.2) is 23.0 Å². The van der Waals surface area contributed by atoms with E-state index in [2.05, 4.69) is 111 Å². The van der Waals surface area contributed by atoms with Crippen LogP contribution in [0.15, 0.2) is 42.6 Å². The van der Waals surface area contributed by atoms with Crippen LogP contribution in [0.25, 0.3) is 21.9 Å². The van der Waals surface area contributed by atoms with Gasteiger partial charge in [-0.3, -0.25) is 14.3 Å². The molecule has 3 unspecified atom stereocenters. The Morgan fingerprint density at radius 3 is 2.18 bits per heavy atom. The zero-order valence-corrected chi connectivity index (χ0v) is 41.0. The zero-order valence-electron chi connectivity index (χ0n) is 40.2. The number of fused-ring (bicyclic) bond motifs is 1. The summed E-state index contributed by atoms with van der Waals surface area (Å²) < 4.78 is 37.5. The number of aryl methyl sites for hydroxylation is 1. The molecule has 0 radical (unpaired) electrons. The second kappa shape index (κ2) is 19.6. The van der Waals surface area contributed by atoms with E-state index in [-0.39, 0.29) is 50.9 Å². The summed E-state index contributed by atoms with van der Waals surface area (Å²) in [5.41, 5.74) is 3.67. The Morgan fingerprint density at radius 2 is 1.56 bits per heavy atom. The van der Waals surface area contributed by atoms with Gasteiger partial charge in [0.25, 0.3) is 0 Å². The highest BCUT2D eigenvalue weighted by Gasteiger charge is 2.48. The number of carbonyl (C=O) groups is 1. The molecule has 1 fully saturated rings. The van der Waals surface area contributed by atoms with Crippen molar-refractivity contribution in [3.05, 3.63) is 70.7 Å². The highest BCUT2D eigenvalue weighted by atomic mass is 32.2. The predicted molar refractivity (Wildman–Crippen MR) is 254 cm³/mol. The standard InChI is InChI=1S/C51H75N5O5S/c1-16-17-18-19-20-21-26-59-41-25-24-36(51(13,14)32-48(4,5)6)30-42(41)61-62(58)55-39-29-35(23-22-34(39)3)45-53-46-43(40(52-15)31-56(46)54-45)47(57)60-44-37(49(7,8)9)27-33(2)28-38(44)50(10,11)12/h22-25,29-31,33,37-38,44,55H,16-21,26-28,32H2,1-14H3,(H,53,54). The fourth-order valence-electron chi connectivity index (χ4n) is 9.56. The molecule has 0 spiro atoms. The van der Waals surface area contributed by atoms with E-state index in [0.717, 1.165) is 43.2 Å². The molecule has 340 valence electrons. The van der Waals surface area contributed by atoms with Gasteiger partial charge in [0.1, 0.15) is 11.7 Å². The maximum atomic E-state index is 14.3. The number of aromatic amines is 1. The Balaban J connectivity index is 1.39. The number of carbonyl (C=O) groups excluding carboxylic acids is 1. The van der Waals surface area contributed by atoms with Crippen molar-refractivity contribution in [3.63, 3.8) is 0 Å². The van der Waals surface area contributed by atoms with Gasteiger partial charge in [0.05, 0.1) is 18.9 Å². The van der Waals surface area contributed by atoms with E-state index in [1.165, 1.54) is 25.7 Å². The molecule has 10 nitrogen and oxygen atoms in total. The molecule has 1 saturated carbocycles. The molecule has 0 aliphatic heterocycles. The van der Waals surface area contributed by atoms with E-state index in [1.807, 2.05) is 37.3 Å². The third-order valence-electron chi connectivity index (χ3n) is 12.6. The number of ether oxygens (including phenoxy) is 2. The van der Waals surface area contributed by atoms with Crippen LogP contribution in [0.2, 0.25) is 0 Å². The summed E-state index contributed by atoms with van der Waals surface area (Å²) >= 11 is -1.98. The molecule has 2 aromatic heterocycles. The van der Waals surface area contributed by atoms with Gasteiger partial charge in [-0.1, -0.05) is 140 Å². The van der Waals surface area contributed by atoms with Gasteiger partial charge in [0, 0.05) is 23.6 Å². The average molecular weight is 870 g/mol. The molecule has 0 bridgehead atoms. The quantitative estimate of drug-likeness (QED) is 0.0621. The molecule has 3 atom stereocenters.